The number of hydrogen-bond donors (Lipinski definition) is 0. The summed E-state index contributed by atoms with van der Waals surface area (Å²) in [6.07, 6.45) is 10.6. The van der Waals surface area contributed by atoms with Crippen molar-refractivity contribution in [2.24, 2.45) is 11.8 Å². The van der Waals surface area contributed by atoms with Gasteiger partial charge in [-0.05, 0) is 177 Å². The number of rotatable bonds is 20. The van der Waals surface area contributed by atoms with Crippen LogP contribution in [0.4, 0.5) is 0 Å². The van der Waals surface area contributed by atoms with Crippen LogP contribution in [0, 0.1) is 11.8 Å². The molecule has 4 nitrogen and oxygen atoms in total. The molecule has 84 heavy (non-hydrogen) atoms. The molecule has 0 radical (unpaired) electrons. The van der Waals surface area contributed by atoms with Gasteiger partial charge in [0.25, 0.3) is 0 Å². The van der Waals surface area contributed by atoms with Crippen molar-refractivity contribution < 1.29 is 9.68 Å². The summed E-state index contributed by atoms with van der Waals surface area (Å²) in [4.78, 5) is 13.9. The molecule has 0 saturated heterocycles. The third-order valence-electron chi connectivity index (χ3n) is 16.4. The van der Waals surface area contributed by atoms with Gasteiger partial charge in [-0.3, -0.25) is 9.68 Å². The fraction of sp³-hybridized carbons (Fsp3) is 0.350. The van der Waals surface area contributed by atoms with Crippen molar-refractivity contribution in [3.8, 4) is 0 Å². The van der Waals surface area contributed by atoms with Crippen molar-refractivity contribution in [3.63, 3.8) is 0 Å². The Morgan fingerprint density at radius 3 is 1.14 bits per heavy atom. The van der Waals surface area contributed by atoms with E-state index in [0.29, 0.717) is 23.7 Å². The summed E-state index contributed by atoms with van der Waals surface area (Å²) in [5.41, 5.74) is 16.0. The Hall–Kier alpha value is -6.92. The van der Waals surface area contributed by atoms with Crippen LogP contribution in [0.2, 0.25) is 0 Å². The largest absolute Gasteiger partial charge is 0.290 e. The molecule has 6 atom stereocenters. The Balaban J connectivity index is 0.000000199. The zero-order valence-corrected chi connectivity index (χ0v) is 52.9. The van der Waals surface area contributed by atoms with E-state index < -0.39 is 0 Å². The molecule has 0 aromatic heterocycles. The standard InChI is InChI=1S/C40H49NO.C22H31NO.C10H10.C8H8/c1-29(2)39(34-20-14-9-15-21-34)41(40(4,5)6)42-38(36-25-23-33-22-24-35(33)27-36)28-37(32-18-12-8-13-19-32)26-30(3)31-16-10-7-11-17-31;1-17(2)21(20-15-11-8-12-16-20)23(22(4,5)6)24-18(3)19-13-9-7-10-14-19;1-2-8-3-4-9-5-6-10(9)7-8;1-2-8-6-4-3-5-7-8/h7-21,23,25,27,29-30,37-39H,22,24,26,28H2,1-6H3;7-18,21H,1-6H3;2-4,7H,1,5-6H2;2-7H,1H2. The first-order valence-electron chi connectivity index (χ1n) is 31.0. The van der Waals surface area contributed by atoms with Gasteiger partial charge in [-0.2, -0.15) is 10.1 Å². The zero-order chi connectivity index (χ0) is 60.2. The number of hydroxylamine groups is 4. The molecule has 10 rings (SSSR count). The minimum atomic E-state index is -0.192. The molecule has 0 aliphatic heterocycles. The third kappa shape index (κ3) is 18.5. The van der Waals surface area contributed by atoms with Crippen molar-refractivity contribution in [2.75, 3.05) is 0 Å². The van der Waals surface area contributed by atoms with E-state index in [1.165, 1.54) is 92.4 Å². The molecule has 6 unspecified atom stereocenters. The zero-order valence-electron chi connectivity index (χ0n) is 52.9. The molecule has 8 aromatic rings. The van der Waals surface area contributed by atoms with Crippen LogP contribution in [0.5, 0.6) is 0 Å². The monoisotopic (exact) mass is 1120 g/mol. The lowest BCUT2D eigenvalue weighted by atomic mass is 9.80. The van der Waals surface area contributed by atoms with E-state index >= 15 is 0 Å². The first-order valence-corrected chi connectivity index (χ1v) is 31.0. The summed E-state index contributed by atoms with van der Waals surface area (Å²) in [7, 11) is 0. The fourth-order valence-corrected chi connectivity index (χ4v) is 11.5. The Bertz CT molecular complexity index is 3180. The SMILES string of the molecule is C=Cc1ccc2c(c1)CC2.C=Cc1ccccc1.CC(CC(CC(ON(C(c1ccccc1)C(C)C)C(C)(C)C)c1ccc2c(c1)CC2)c1ccccc1)c1ccccc1.CC(ON(C(c1ccccc1)C(C)C)C(C)(C)C)c1ccccc1. The molecule has 0 saturated carbocycles. The van der Waals surface area contributed by atoms with Crippen molar-refractivity contribution in [1.29, 1.82) is 0 Å². The maximum Gasteiger partial charge on any atom is 0.105 e. The quantitative estimate of drug-likeness (QED) is 0.0710. The second-order valence-corrected chi connectivity index (χ2v) is 25.7. The molecule has 0 fully saturated rings. The summed E-state index contributed by atoms with van der Waals surface area (Å²) < 4.78 is 0. The van der Waals surface area contributed by atoms with Crippen LogP contribution >= 0.6 is 0 Å². The molecule has 8 aromatic carbocycles. The predicted molar refractivity (Wildman–Crippen MR) is 359 cm³/mol. The van der Waals surface area contributed by atoms with Gasteiger partial charge in [-0.15, -0.1) is 0 Å². The lowest BCUT2D eigenvalue weighted by Crippen LogP contribution is -2.46. The molecule has 2 aliphatic carbocycles. The van der Waals surface area contributed by atoms with Crippen LogP contribution in [0.3, 0.4) is 0 Å². The molecule has 440 valence electrons. The van der Waals surface area contributed by atoms with Crippen LogP contribution in [0.25, 0.3) is 12.2 Å². The molecule has 2 aliphatic rings. The third-order valence-corrected chi connectivity index (χ3v) is 16.4. The van der Waals surface area contributed by atoms with Gasteiger partial charge in [0.15, 0.2) is 0 Å². The highest BCUT2D eigenvalue weighted by molar-refractivity contribution is 5.52. The first-order chi connectivity index (χ1) is 40.3. The van der Waals surface area contributed by atoms with Crippen molar-refractivity contribution >= 4 is 12.2 Å². The fourth-order valence-electron chi connectivity index (χ4n) is 11.5. The Kier molecular flexibility index (Phi) is 24.1. The minimum absolute atomic E-state index is 0.00962. The molecule has 0 bridgehead atoms. The number of nitrogens with zero attached hydrogens (tertiary/aromatic N) is 2. The Labute approximate surface area is 508 Å². The van der Waals surface area contributed by atoms with E-state index in [9.17, 15) is 0 Å². The van der Waals surface area contributed by atoms with Gasteiger partial charge < -0.3 is 0 Å². The highest BCUT2D eigenvalue weighted by Gasteiger charge is 2.38. The molecule has 0 heterocycles. The highest BCUT2D eigenvalue weighted by Crippen LogP contribution is 2.44. The summed E-state index contributed by atoms with van der Waals surface area (Å²) in [6.45, 7) is 34.5. The maximum absolute atomic E-state index is 7.37. The lowest BCUT2D eigenvalue weighted by molar-refractivity contribution is -0.278. The van der Waals surface area contributed by atoms with Crippen LogP contribution < -0.4 is 0 Å². The number of benzene rings is 8. The minimum Gasteiger partial charge on any atom is -0.290 e. The molecular weight excluding hydrogens is 1020 g/mol. The van der Waals surface area contributed by atoms with Gasteiger partial charge in [0.05, 0.1) is 12.1 Å². The summed E-state index contributed by atoms with van der Waals surface area (Å²) in [5, 5.41) is 4.50. The van der Waals surface area contributed by atoms with E-state index in [1.807, 2.05) is 48.6 Å². The molecule has 0 amide bonds. The van der Waals surface area contributed by atoms with Crippen LogP contribution in [-0.4, -0.2) is 21.2 Å². The lowest BCUT2D eigenvalue weighted by Gasteiger charge is -2.45. The van der Waals surface area contributed by atoms with Gasteiger partial charge in [-0.1, -0.05) is 278 Å². The first kappa shape index (κ1) is 64.6. The average molecular weight is 1120 g/mol. The second kappa shape index (κ2) is 31.3. The number of fused-ring (bicyclic) bond motifs is 2. The molecule has 0 spiro atoms. The van der Waals surface area contributed by atoms with Gasteiger partial charge in [0.2, 0.25) is 0 Å². The van der Waals surface area contributed by atoms with E-state index in [-0.39, 0.29) is 35.4 Å². The number of hydrogen-bond acceptors (Lipinski definition) is 4. The topological polar surface area (TPSA) is 24.9 Å². The van der Waals surface area contributed by atoms with Gasteiger partial charge in [0.1, 0.15) is 12.2 Å². The van der Waals surface area contributed by atoms with Crippen molar-refractivity contribution in [1.82, 2.24) is 10.1 Å². The average Bonchev–Trinajstić information content (AvgIpc) is 3.33. The Morgan fingerprint density at radius 1 is 0.381 bits per heavy atom. The van der Waals surface area contributed by atoms with E-state index in [1.54, 1.807) is 0 Å². The van der Waals surface area contributed by atoms with Crippen LogP contribution in [-0.2, 0) is 35.4 Å². The maximum atomic E-state index is 7.37. The van der Waals surface area contributed by atoms with E-state index in [0.717, 1.165) is 12.8 Å². The van der Waals surface area contributed by atoms with Gasteiger partial charge in [0, 0.05) is 11.1 Å². The van der Waals surface area contributed by atoms with Crippen LogP contribution in [0.15, 0.2) is 232 Å². The molecular formula is C80H98N2O2. The van der Waals surface area contributed by atoms with Crippen molar-refractivity contribution in [2.45, 2.75) is 169 Å². The molecule has 4 heteroatoms. The van der Waals surface area contributed by atoms with Gasteiger partial charge in [-0.25, -0.2) is 0 Å². The van der Waals surface area contributed by atoms with E-state index in [4.69, 9.17) is 9.68 Å². The predicted octanol–water partition coefficient (Wildman–Crippen LogP) is 21.6. The van der Waals surface area contributed by atoms with Crippen LogP contribution in [0.1, 0.15) is 199 Å². The smallest absolute Gasteiger partial charge is 0.105 e. The highest BCUT2D eigenvalue weighted by atomic mass is 16.7. The van der Waals surface area contributed by atoms with Gasteiger partial charge >= 0.3 is 0 Å². The summed E-state index contributed by atoms with van der Waals surface area (Å²) >= 11 is 0. The second-order valence-electron chi connectivity index (χ2n) is 25.7. The number of aryl methyl sites for hydroxylation is 4. The normalized spacial score (nSPS) is 14.7. The van der Waals surface area contributed by atoms with E-state index in [2.05, 4.69) is 288 Å². The summed E-state index contributed by atoms with van der Waals surface area (Å²) in [6, 6.07) is 78.1. The summed E-state index contributed by atoms with van der Waals surface area (Å²) in [5.74, 6) is 1.62. The Morgan fingerprint density at radius 2 is 0.762 bits per heavy atom. The van der Waals surface area contributed by atoms with Crippen molar-refractivity contribution in [3.05, 3.63) is 298 Å². The molecule has 0 N–H and O–H groups in total.